The van der Waals surface area contributed by atoms with E-state index in [2.05, 4.69) is 10.3 Å². The zero-order chi connectivity index (χ0) is 29.7. The van der Waals surface area contributed by atoms with E-state index in [1.54, 1.807) is 24.1 Å². The maximum absolute atomic E-state index is 13.6. The van der Waals surface area contributed by atoms with Crippen LogP contribution < -0.4 is 5.32 Å². The first-order valence-electron chi connectivity index (χ1n) is 14.2. The van der Waals surface area contributed by atoms with Gasteiger partial charge >= 0.3 is 19.1 Å². The van der Waals surface area contributed by atoms with Crippen molar-refractivity contribution in [2.24, 2.45) is 5.92 Å². The monoisotopic (exact) mass is 563 g/mol. The highest BCUT2D eigenvalue weighted by molar-refractivity contribution is 6.51. The average Bonchev–Trinajstić information content (AvgIpc) is 2.94. The Morgan fingerprint density at radius 3 is 2.24 bits per heavy atom. The number of piperidine rings is 1. The Balaban J connectivity index is 1.51. The van der Waals surface area contributed by atoms with Crippen LogP contribution in [0.15, 0.2) is 48.5 Å². The molecule has 10 nitrogen and oxygen atoms in total. The van der Waals surface area contributed by atoms with Crippen LogP contribution >= 0.6 is 0 Å². The highest BCUT2D eigenvalue weighted by atomic mass is 16.6. The van der Waals surface area contributed by atoms with Gasteiger partial charge in [-0.25, -0.2) is 4.98 Å². The molecular weight excluding hydrogens is 525 g/mol. The van der Waals surface area contributed by atoms with E-state index in [1.165, 1.54) is 13.0 Å². The summed E-state index contributed by atoms with van der Waals surface area (Å²) >= 11 is 0. The fourth-order valence-corrected chi connectivity index (χ4v) is 5.60. The molecule has 2 fully saturated rings. The second-order valence-corrected chi connectivity index (χ2v) is 11.4. The number of amides is 1. The zero-order valence-electron chi connectivity index (χ0n) is 24.0. The van der Waals surface area contributed by atoms with E-state index in [0.717, 1.165) is 5.56 Å². The van der Waals surface area contributed by atoms with Crippen molar-refractivity contribution in [3.05, 3.63) is 54.2 Å². The first kappa shape index (κ1) is 30.4. The number of ketones is 1. The summed E-state index contributed by atoms with van der Waals surface area (Å²) in [5, 5.41) is 13.1. The topological polar surface area (TPSA) is 135 Å². The van der Waals surface area contributed by atoms with Crippen molar-refractivity contribution in [1.82, 2.24) is 15.2 Å². The summed E-state index contributed by atoms with van der Waals surface area (Å²) in [4.78, 5) is 58.9. The summed E-state index contributed by atoms with van der Waals surface area (Å²) in [7, 11) is 0.472. The quantitative estimate of drug-likeness (QED) is 0.418. The van der Waals surface area contributed by atoms with E-state index < -0.39 is 60.8 Å². The van der Waals surface area contributed by atoms with Crippen molar-refractivity contribution >= 4 is 30.7 Å². The van der Waals surface area contributed by atoms with Crippen molar-refractivity contribution in [3.8, 4) is 11.3 Å². The van der Waals surface area contributed by atoms with Gasteiger partial charge in [0.2, 0.25) is 0 Å². The first-order chi connectivity index (χ1) is 19.5. The van der Waals surface area contributed by atoms with Crippen LogP contribution in [0.2, 0.25) is 5.82 Å². The molecule has 1 aromatic heterocycles. The van der Waals surface area contributed by atoms with Gasteiger partial charge in [0, 0.05) is 17.8 Å². The van der Waals surface area contributed by atoms with Crippen LogP contribution in [0.1, 0.15) is 63.4 Å². The molecule has 2 N–H and O–H groups in total. The summed E-state index contributed by atoms with van der Waals surface area (Å²) in [6, 6.07) is 12.0. The smallest absolute Gasteiger partial charge is 0.498 e. The number of hydrogen-bond acceptors (Lipinski definition) is 9. The zero-order valence-corrected chi connectivity index (χ0v) is 24.0. The molecule has 1 aromatic carbocycles. The molecule has 3 heterocycles. The second kappa shape index (κ2) is 13.4. The number of aliphatic hydroxyl groups is 1. The first-order valence-corrected chi connectivity index (χ1v) is 14.2. The molecule has 11 heteroatoms. The third-order valence-electron chi connectivity index (χ3n) is 7.74. The molecule has 0 radical (unpaired) electrons. The van der Waals surface area contributed by atoms with Crippen molar-refractivity contribution in [3.63, 3.8) is 0 Å². The minimum absolute atomic E-state index is 0.0855. The highest BCUT2D eigenvalue weighted by Crippen LogP contribution is 2.32. The Labute approximate surface area is 241 Å². The Morgan fingerprint density at radius 2 is 1.66 bits per heavy atom. The van der Waals surface area contributed by atoms with Gasteiger partial charge in [0.05, 0.1) is 11.8 Å². The van der Waals surface area contributed by atoms with Gasteiger partial charge in [-0.05, 0) is 57.7 Å². The summed E-state index contributed by atoms with van der Waals surface area (Å²) in [6.45, 7) is 5.32. The number of pyridine rings is 1. The number of aliphatic hydroxyl groups excluding tert-OH is 1. The van der Waals surface area contributed by atoms with Crippen molar-refractivity contribution in [2.45, 2.75) is 82.9 Å². The number of carbonyl (C=O) groups excluding carboxylic acids is 4. The fourth-order valence-electron chi connectivity index (χ4n) is 5.60. The number of rotatable bonds is 10. The van der Waals surface area contributed by atoms with Gasteiger partial charge in [-0.2, -0.15) is 0 Å². The van der Waals surface area contributed by atoms with Crippen molar-refractivity contribution in [2.75, 3.05) is 7.05 Å². The minimum atomic E-state index is -1.25. The number of fused-ring (bicyclic) bond motifs is 2. The average molecular weight is 563 g/mol. The molecule has 1 amide bonds. The molecule has 2 saturated heterocycles. The maximum Gasteiger partial charge on any atom is 0.602 e. The lowest BCUT2D eigenvalue weighted by atomic mass is 9.64. The highest BCUT2D eigenvalue weighted by Gasteiger charge is 2.48. The van der Waals surface area contributed by atoms with Crippen LogP contribution in [0.4, 0.5) is 0 Å². The Hall–Kier alpha value is -3.57. The fraction of sp³-hybridized carbons (Fsp3) is 0.500. The van der Waals surface area contributed by atoms with Gasteiger partial charge in [-0.3, -0.25) is 24.1 Å². The molecule has 0 aliphatic carbocycles. The molecule has 5 atom stereocenters. The van der Waals surface area contributed by atoms with E-state index in [1.807, 2.05) is 44.2 Å². The largest absolute Gasteiger partial charge is 0.602 e. The molecule has 0 unspecified atom stereocenters. The Bertz CT molecular complexity index is 1230. The Kier molecular flexibility index (Phi) is 9.93. The summed E-state index contributed by atoms with van der Waals surface area (Å²) in [5.41, 5.74) is 1.53. The van der Waals surface area contributed by atoms with E-state index in [0.29, 0.717) is 31.4 Å². The molecule has 218 valence electrons. The van der Waals surface area contributed by atoms with Crippen LogP contribution in [0.5, 0.6) is 0 Å². The van der Waals surface area contributed by atoms with Crippen molar-refractivity contribution < 1.29 is 33.6 Å². The SMILES string of the molecule is CC(C)C[C@H](CC(=O)[C@@H](NC(=O)c1cccc(-c2ccccc2)n1)[C@@H](C)O)B1OC(=O)[C@H]2CCC[C@H](C(=O)O1)N2C. The standard InChI is InChI=1S/C30H38BN3O7/c1-18(2)16-21(31-40-29(38)24-14-9-15-25(34(24)4)30(39)41-31)17-26(36)27(19(3)35)33-28(37)23-13-8-12-22(32-23)20-10-6-5-7-11-20/h5-8,10-13,18-19,21,24-25,27,35H,9,14-17H2,1-4H3,(H,33,37)/t19-,21-,24-,25-,27+/m1/s1. The number of nitrogens with one attached hydrogen (secondary N) is 1. The summed E-state index contributed by atoms with van der Waals surface area (Å²) in [5.74, 6) is -2.62. The minimum Gasteiger partial charge on any atom is -0.498 e. The maximum atomic E-state index is 13.6. The number of aromatic nitrogens is 1. The van der Waals surface area contributed by atoms with Crippen molar-refractivity contribution in [1.29, 1.82) is 0 Å². The van der Waals surface area contributed by atoms with Gasteiger partial charge in [0.25, 0.3) is 5.91 Å². The molecule has 41 heavy (non-hydrogen) atoms. The molecule has 0 saturated carbocycles. The molecule has 2 bridgehead atoms. The number of Topliss-reactive ketones (excluding diaryl/α,β-unsaturated/α-hetero) is 1. The lowest BCUT2D eigenvalue weighted by Crippen LogP contribution is -2.57. The lowest BCUT2D eigenvalue weighted by Gasteiger charge is -2.40. The number of likely N-dealkylation sites (N-methyl/N-ethyl adjacent to an activating group) is 1. The Morgan fingerprint density at radius 1 is 1.02 bits per heavy atom. The number of carbonyl (C=O) groups is 4. The number of hydrogen-bond donors (Lipinski definition) is 2. The van der Waals surface area contributed by atoms with E-state index in [4.69, 9.17) is 9.31 Å². The van der Waals surface area contributed by atoms with Crippen LogP contribution in [-0.4, -0.2) is 77.0 Å². The summed E-state index contributed by atoms with van der Waals surface area (Å²) in [6.07, 6.45) is 0.899. The van der Waals surface area contributed by atoms with Gasteiger partial charge in [-0.1, -0.05) is 50.2 Å². The predicted octanol–water partition coefficient (Wildman–Crippen LogP) is 3.04. The van der Waals surface area contributed by atoms with E-state index in [-0.39, 0.29) is 18.0 Å². The molecule has 4 rings (SSSR count). The van der Waals surface area contributed by atoms with Gasteiger partial charge in [0.15, 0.2) is 5.78 Å². The van der Waals surface area contributed by atoms with Crippen LogP contribution in [-0.2, 0) is 23.7 Å². The normalized spacial score (nSPS) is 21.7. The number of benzene rings is 1. The molecule has 0 spiro atoms. The van der Waals surface area contributed by atoms with Crippen LogP contribution in [0.3, 0.4) is 0 Å². The third kappa shape index (κ3) is 7.39. The number of nitrogens with zero attached hydrogens (tertiary/aromatic N) is 2. The van der Waals surface area contributed by atoms with Gasteiger partial charge in [-0.15, -0.1) is 0 Å². The molecule has 2 aromatic rings. The summed E-state index contributed by atoms with van der Waals surface area (Å²) < 4.78 is 11.4. The third-order valence-corrected chi connectivity index (χ3v) is 7.74. The second-order valence-electron chi connectivity index (χ2n) is 11.4. The van der Waals surface area contributed by atoms with Gasteiger partial charge < -0.3 is 19.7 Å². The van der Waals surface area contributed by atoms with E-state index >= 15 is 0 Å². The predicted molar refractivity (Wildman–Crippen MR) is 153 cm³/mol. The molecule has 2 aliphatic rings. The van der Waals surface area contributed by atoms with Crippen LogP contribution in [0.25, 0.3) is 11.3 Å². The molecule has 2 aliphatic heterocycles. The van der Waals surface area contributed by atoms with E-state index in [9.17, 15) is 24.3 Å². The lowest BCUT2D eigenvalue weighted by molar-refractivity contribution is -0.157. The van der Waals surface area contributed by atoms with Gasteiger partial charge in [0.1, 0.15) is 23.8 Å². The molecular formula is C30H38BN3O7. The van der Waals surface area contributed by atoms with Crippen LogP contribution in [0, 0.1) is 5.92 Å².